The smallest absolute Gasteiger partial charge is 0.0661 e. The van der Waals surface area contributed by atoms with Crippen LogP contribution in [0, 0.1) is 19.8 Å². The summed E-state index contributed by atoms with van der Waals surface area (Å²) in [6.45, 7) is 9.16. The van der Waals surface area contributed by atoms with E-state index in [9.17, 15) is 0 Å². The molecule has 0 amide bonds. The van der Waals surface area contributed by atoms with E-state index < -0.39 is 0 Å². The Kier molecular flexibility index (Phi) is 5.41. The van der Waals surface area contributed by atoms with Crippen LogP contribution in [0.15, 0.2) is 18.2 Å². The quantitative estimate of drug-likeness (QED) is 0.719. The van der Waals surface area contributed by atoms with Crippen LogP contribution in [-0.4, -0.2) is 19.8 Å². The number of rotatable bonds is 8. The molecule has 2 rings (SSSR count). The van der Waals surface area contributed by atoms with Gasteiger partial charge in [0.05, 0.1) is 12.6 Å². The Bertz CT molecular complexity index is 398. The molecule has 0 aliphatic heterocycles. The minimum Gasteiger partial charge on any atom is -0.379 e. The maximum Gasteiger partial charge on any atom is 0.0661 e. The molecule has 0 saturated heterocycles. The first-order chi connectivity index (χ1) is 9.20. The normalized spacial score (nSPS) is 16.6. The van der Waals surface area contributed by atoms with E-state index in [-0.39, 0.29) is 0 Å². The van der Waals surface area contributed by atoms with Crippen molar-refractivity contribution in [3.63, 3.8) is 0 Å². The van der Waals surface area contributed by atoms with Crippen molar-refractivity contribution < 1.29 is 4.74 Å². The highest BCUT2D eigenvalue weighted by Gasteiger charge is 2.21. The molecule has 1 fully saturated rings. The van der Waals surface area contributed by atoms with Gasteiger partial charge in [0.25, 0.3) is 0 Å². The Balaban J connectivity index is 1.90. The van der Waals surface area contributed by atoms with Crippen LogP contribution in [0.1, 0.15) is 48.9 Å². The van der Waals surface area contributed by atoms with Gasteiger partial charge in [-0.2, -0.15) is 0 Å². The fraction of sp³-hybridized carbons (Fsp3) is 0.647. The molecule has 1 aliphatic carbocycles. The molecule has 106 valence electrons. The summed E-state index contributed by atoms with van der Waals surface area (Å²) in [5, 5.41) is 3.55. The van der Waals surface area contributed by atoms with Gasteiger partial charge in [0, 0.05) is 6.61 Å². The first-order valence-electron chi connectivity index (χ1n) is 7.59. The Hall–Kier alpha value is -0.860. The van der Waals surface area contributed by atoms with Crippen LogP contribution in [-0.2, 0) is 4.74 Å². The fourth-order valence-electron chi connectivity index (χ4n) is 2.50. The minimum absolute atomic E-state index is 0.323. The van der Waals surface area contributed by atoms with Gasteiger partial charge >= 0.3 is 0 Å². The van der Waals surface area contributed by atoms with Gasteiger partial charge in [-0.25, -0.2) is 0 Å². The van der Waals surface area contributed by atoms with E-state index >= 15 is 0 Å². The molecule has 2 nitrogen and oxygen atoms in total. The average molecular weight is 261 g/mol. The SMILES string of the molecule is CCNC(COCCC1CC1)c1cc(C)ccc1C. The van der Waals surface area contributed by atoms with Gasteiger partial charge in [0.2, 0.25) is 0 Å². The van der Waals surface area contributed by atoms with E-state index in [2.05, 4.69) is 44.3 Å². The predicted molar refractivity (Wildman–Crippen MR) is 80.5 cm³/mol. The molecule has 1 N–H and O–H groups in total. The molecule has 0 spiro atoms. The Morgan fingerprint density at radius 1 is 1.32 bits per heavy atom. The summed E-state index contributed by atoms with van der Waals surface area (Å²) in [6, 6.07) is 6.99. The van der Waals surface area contributed by atoms with Crippen LogP contribution < -0.4 is 5.32 Å². The molecule has 0 aromatic heterocycles. The molecular formula is C17H27NO. The topological polar surface area (TPSA) is 21.3 Å². The number of hydrogen-bond donors (Lipinski definition) is 1. The Morgan fingerprint density at radius 2 is 2.11 bits per heavy atom. The van der Waals surface area contributed by atoms with Crippen molar-refractivity contribution in [2.45, 2.75) is 46.1 Å². The zero-order valence-electron chi connectivity index (χ0n) is 12.5. The molecule has 19 heavy (non-hydrogen) atoms. The van der Waals surface area contributed by atoms with Crippen LogP contribution in [0.2, 0.25) is 0 Å². The van der Waals surface area contributed by atoms with Crippen LogP contribution in [0.5, 0.6) is 0 Å². The highest BCUT2D eigenvalue weighted by atomic mass is 16.5. The van der Waals surface area contributed by atoms with Crippen molar-refractivity contribution in [1.29, 1.82) is 0 Å². The second kappa shape index (κ2) is 7.06. The molecule has 0 bridgehead atoms. The number of aryl methyl sites for hydroxylation is 2. The third-order valence-electron chi connectivity index (χ3n) is 3.91. The molecule has 1 aliphatic rings. The number of likely N-dealkylation sites (N-methyl/N-ethyl adjacent to an activating group) is 1. The van der Waals surface area contributed by atoms with E-state index in [0.29, 0.717) is 6.04 Å². The van der Waals surface area contributed by atoms with E-state index in [1.807, 2.05) is 0 Å². The summed E-state index contributed by atoms with van der Waals surface area (Å²) >= 11 is 0. The Labute approximate surface area is 117 Å². The van der Waals surface area contributed by atoms with Gasteiger partial charge in [-0.1, -0.05) is 43.5 Å². The number of hydrogen-bond acceptors (Lipinski definition) is 2. The van der Waals surface area contributed by atoms with E-state index in [1.165, 1.54) is 36.0 Å². The van der Waals surface area contributed by atoms with Crippen LogP contribution in [0.3, 0.4) is 0 Å². The molecule has 1 atom stereocenters. The van der Waals surface area contributed by atoms with E-state index in [1.54, 1.807) is 0 Å². The maximum atomic E-state index is 5.89. The number of ether oxygens (including phenoxy) is 1. The maximum absolute atomic E-state index is 5.89. The van der Waals surface area contributed by atoms with Crippen LogP contribution >= 0.6 is 0 Å². The third kappa shape index (κ3) is 4.63. The lowest BCUT2D eigenvalue weighted by Gasteiger charge is -2.21. The average Bonchev–Trinajstić information content (AvgIpc) is 3.20. The lowest BCUT2D eigenvalue weighted by molar-refractivity contribution is 0.106. The fourth-order valence-corrected chi connectivity index (χ4v) is 2.50. The summed E-state index contributed by atoms with van der Waals surface area (Å²) in [7, 11) is 0. The number of benzene rings is 1. The standard InChI is InChI=1S/C17H27NO/c1-4-18-17(12-19-10-9-15-7-8-15)16-11-13(2)5-6-14(16)3/h5-6,11,15,17-18H,4,7-10,12H2,1-3H3. The zero-order valence-corrected chi connectivity index (χ0v) is 12.5. The Morgan fingerprint density at radius 3 is 2.79 bits per heavy atom. The highest BCUT2D eigenvalue weighted by molar-refractivity contribution is 5.33. The number of nitrogens with one attached hydrogen (secondary N) is 1. The van der Waals surface area contributed by atoms with Crippen molar-refractivity contribution in [1.82, 2.24) is 5.32 Å². The molecule has 0 heterocycles. The van der Waals surface area contributed by atoms with Gasteiger partial charge in [0.1, 0.15) is 0 Å². The summed E-state index contributed by atoms with van der Waals surface area (Å²) in [5.41, 5.74) is 4.05. The minimum atomic E-state index is 0.323. The second-order valence-electron chi connectivity index (χ2n) is 5.78. The first-order valence-corrected chi connectivity index (χ1v) is 7.59. The summed E-state index contributed by atoms with van der Waals surface area (Å²) in [6.07, 6.45) is 4.07. The lowest BCUT2D eigenvalue weighted by Crippen LogP contribution is -2.26. The predicted octanol–water partition coefficient (Wildman–Crippen LogP) is 3.77. The summed E-state index contributed by atoms with van der Waals surface area (Å²) < 4.78 is 5.89. The molecule has 1 unspecified atom stereocenters. The van der Waals surface area contributed by atoms with Crippen molar-refractivity contribution in [2.24, 2.45) is 5.92 Å². The highest BCUT2D eigenvalue weighted by Crippen LogP contribution is 2.32. The summed E-state index contributed by atoms with van der Waals surface area (Å²) in [5.74, 6) is 0.957. The molecule has 1 saturated carbocycles. The monoisotopic (exact) mass is 261 g/mol. The van der Waals surface area contributed by atoms with Gasteiger partial charge < -0.3 is 10.1 Å². The van der Waals surface area contributed by atoms with E-state index in [4.69, 9.17) is 4.74 Å². The molecule has 0 radical (unpaired) electrons. The lowest BCUT2D eigenvalue weighted by atomic mass is 9.99. The van der Waals surface area contributed by atoms with Gasteiger partial charge in [-0.05, 0) is 43.9 Å². The second-order valence-corrected chi connectivity index (χ2v) is 5.78. The van der Waals surface area contributed by atoms with E-state index in [0.717, 1.165) is 25.7 Å². The van der Waals surface area contributed by atoms with Crippen LogP contribution in [0.25, 0.3) is 0 Å². The van der Waals surface area contributed by atoms with Crippen molar-refractivity contribution in [2.75, 3.05) is 19.8 Å². The van der Waals surface area contributed by atoms with Gasteiger partial charge in [0.15, 0.2) is 0 Å². The van der Waals surface area contributed by atoms with Crippen molar-refractivity contribution >= 4 is 0 Å². The molecule has 2 heteroatoms. The molecular weight excluding hydrogens is 234 g/mol. The van der Waals surface area contributed by atoms with Crippen molar-refractivity contribution in [3.05, 3.63) is 34.9 Å². The molecule has 1 aromatic carbocycles. The van der Waals surface area contributed by atoms with Crippen LogP contribution in [0.4, 0.5) is 0 Å². The largest absolute Gasteiger partial charge is 0.379 e. The van der Waals surface area contributed by atoms with Crippen molar-refractivity contribution in [3.8, 4) is 0 Å². The zero-order chi connectivity index (χ0) is 13.7. The summed E-state index contributed by atoms with van der Waals surface area (Å²) in [4.78, 5) is 0. The van der Waals surface area contributed by atoms with Gasteiger partial charge in [-0.3, -0.25) is 0 Å². The third-order valence-corrected chi connectivity index (χ3v) is 3.91. The molecule has 1 aromatic rings. The first kappa shape index (κ1) is 14.5. The van der Waals surface area contributed by atoms with Gasteiger partial charge in [-0.15, -0.1) is 0 Å².